The van der Waals surface area contributed by atoms with E-state index in [9.17, 15) is 9.90 Å². The number of esters is 1. The van der Waals surface area contributed by atoms with Crippen LogP contribution in [0.15, 0.2) is 0 Å². The Morgan fingerprint density at radius 3 is 2.60 bits per heavy atom. The van der Waals surface area contributed by atoms with Crippen LogP contribution in [0.5, 0.6) is 0 Å². The molecule has 2 atom stereocenters. The number of ether oxygens (including phenoxy) is 2. The molecule has 4 nitrogen and oxygen atoms in total. The van der Waals surface area contributed by atoms with Gasteiger partial charge in [-0.15, -0.1) is 0 Å². The highest BCUT2D eigenvalue weighted by Crippen LogP contribution is 2.09. The van der Waals surface area contributed by atoms with Crippen molar-refractivity contribution in [3.63, 3.8) is 0 Å². The van der Waals surface area contributed by atoms with Gasteiger partial charge in [-0.2, -0.15) is 0 Å². The zero-order chi connectivity index (χ0) is 11.9. The minimum atomic E-state index is -1.54. The monoisotopic (exact) mass is 218 g/mol. The summed E-state index contributed by atoms with van der Waals surface area (Å²) in [5, 5.41) is 9.63. The van der Waals surface area contributed by atoms with Crippen molar-refractivity contribution >= 4 is 5.97 Å². The fraction of sp³-hybridized carbons (Fsp3) is 0.909. The van der Waals surface area contributed by atoms with E-state index < -0.39 is 11.6 Å². The lowest BCUT2D eigenvalue weighted by atomic mass is 10.1. The number of carbonyl (C=O) groups is 1. The Kier molecular flexibility index (Phi) is 6.52. The molecule has 0 heterocycles. The maximum atomic E-state index is 11.1. The maximum Gasteiger partial charge on any atom is 0.339 e. The zero-order valence-corrected chi connectivity index (χ0v) is 10.1. The van der Waals surface area contributed by atoms with Gasteiger partial charge in [-0.3, -0.25) is 0 Å². The minimum Gasteiger partial charge on any atom is -0.467 e. The summed E-state index contributed by atoms with van der Waals surface area (Å²) in [5.41, 5.74) is -1.54. The molecule has 0 radical (unpaired) electrons. The highest BCUT2D eigenvalue weighted by atomic mass is 16.6. The Balaban J connectivity index is 3.79. The molecule has 1 N–H and O–H groups in total. The third kappa shape index (κ3) is 5.74. The number of rotatable bonds is 7. The molecule has 0 fully saturated rings. The highest BCUT2D eigenvalue weighted by molar-refractivity contribution is 5.78. The summed E-state index contributed by atoms with van der Waals surface area (Å²) in [7, 11) is 1.25. The minimum absolute atomic E-state index is 0.0201. The Hall–Kier alpha value is -0.610. The van der Waals surface area contributed by atoms with Gasteiger partial charge in [0.05, 0.1) is 13.7 Å². The van der Waals surface area contributed by atoms with Gasteiger partial charge in [0.2, 0.25) is 0 Å². The third-order valence-electron chi connectivity index (χ3n) is 2.19. The molecule has 4 heteroatoms. The first-order valence-electron chi connectivity index (χ1n) is 5.32. The predicted octanol–water partition coefficient (Wildman–Crippen LogP) is 1.36. The summed E-state index contributed by atoms with van der Waals surface area (Å²) in [6.07, 6.45) is 2.19. The number of hydrogen-bond donors (Lipinski definition) is 1. The van der Waals surface area contributed by atoms with E-state index >= 15 is 0 Å². The van der Waals surface area contributed by atoms with Gasteiger partial charge in [-0.25, -0.2) is 4.79 Å². The highest BCUT2D eigenvalue weighted by Gasteiger charge is 2.31. The van der Waals surface area contributed by atoms with E-state index in [0.29, 0.717) is 12.5 Å². The lowest BCUT2D eigenvalue weighted by molar-refractivity contribution is -0.166. The zero-order valence-electron chi connectivity index (χ0n) is 10.1. The van der Waals surface area contributed by atoms with E-state index in [1.807, 2.05) is 0 Å². The lowest BCUT2D eigenvalue weighted by Crippen LogP contribution is -2.41. The molecule has 0 aliphatic heterocycles. The van der Waals surface area contributed by atoms with Crippen LogP contribution in [0.4, 0.5) is 0 Å². The van der Waals surface area contributed by atoms with Gasteiger partial charge in [0.25, 0.3) is 0 Å². The van der Waals surface area contributed by atoms with Crippen LogP contribution in [0.1, 0.15) is 33.6 Å². The van der Waals surface area contributed by atoms with Gasteiger partial charge >= 0.3 is 5.97 Å². The van der Waals surface area contributed by atoms with Gasteiger partial charge in [0, 0.05) is 6.61 Å². The largest absolute Gasteiger partial charge is 0.467 e. The lowest BCUT2D eigenvalue weighted by Gasteiger charge is -2.21. The Morgan fingerprint density at radius 2 is 2.13 bits per heavy atom. The van der Waals surface area contributed by atoms with Gasteiger partial charge in [0.15, 0.2) is 5.60 Å². The molecule has 0 saturated carbocycles. The number of hydrogen-bond acceptors (Lipinski definition) is 4. The van der Waals surface area contributed by atoms with Crippen molar-refractivity contribution in [3.05, 3.63) is 0 Å². The molecule has 0 aromatic heterocycles. The van der Waals surface area contributed by atoms with Crippen LogP contribution < -0.4 is 0 Å². The fourth-order valence-electron chi connectivity index (χ4n) is 1.31. The molecule has 0 rings (SSSR count). The molecular weight excluding hydrogens is 196 g/mol. The summed E-state index contributed by atoms with van der Waals surface area (Å²) in [4.78, 5) is 11.1. The molecule has 0 spiro atoms. The van der Waals surface area contributed by atoms with Crippen molar-refractivity contribution in [1.29, 1.82) is 0 Å². The molecular formula is C11H22O4. The summed E-state index contributed by atoms with van der Waals surface area (Å²) in [6.45, 7) is 6.12. The molecule has 15 heavy (non-hydrogen) atoms. The van der Waals surface area contributed by atoms with Crippen LogP contribution >= 0.6 is 0 Å². The van der Waals surface area contributed by atoms with E-state index in [-0.39, 0.29) is 6.61 Å². The van der Waals surface area contributed by atoms with Crippen LogP contribution in [0.3, 0.4) is 0 Å². The molecule has 90 valence electrons. The predicted molar refractivity (Wildman–Crippen MR) is 57.5 cm³/mol. The van der Waals surface area contributed by atoms with Crippen molar-refractivity contribution in [3.8, 4) is 0 Å². The molecule has 2 unspecified atom stereocenters. The first kappa shape index (κ1) is 14.4. The van der Waals surface area contributed by atoms with E-state index in [4.69, 9.17) is 4.74 Å². The first-order chi connectivity index (χ1) is 6.94. The Bertz CT molecular complexity index is 189. The molecule has 0 amide bonds. The average Bonchev–Trinajstić information content (AvgIpc) is 2.16. The Labute approximate surface area is 91.6 Å². The average molecular weight is 218 g/mol. The topological polar surface area (TPSA) is 55.8 Å². The quantitative estimate of drug-likeness (QED) is 0.656. The Morgan fingerprint density at radius 1 is 1.53 bits per heavy atom. The maximum absolute atomic E-state index is 11.1. The first-order valence-corrected chi connectivity index (χ1v) is 5.32. The van der Waals surface area contributed by atoms with Crippen molar-refractivity contribution in [1.82, 2.24) is 0 Å². The smallest absolute Gasteiger partial charge is 0.339 e. The molecule has 0 aliphatic carbocycles. The van der Waals surface area contributed by atoms with Crippen molar-refractivity contribution < 1.29 is 19.4 Å². The fourth-order valence-corrected chi connectivity index (χ4v) is 1.31. The van der Waals surface area contributed by atoms with E-state index in [1.165, 1.54) is 14.0 Å². The molecule has 0 aromatic rings. The van der Waals surface area contributed by atoms with Crippen LogP contribution in [-0.4, -0.2) is 37.0 Å². The van der Waals surface area contributed by atoms with Gasteiger partial charge in [0.1, 0.15) is 0 Å². The van der Waals surface area contributed by atoms with Crippen molar-refractivity contribution in [2.45, 2.75) is 39.2 Å². The SMILES string of the molecule is CCCC(C)COCC(C)(O)C(=O)OC. The van der Waals surface area contributed by atoms with Gasteiger partial charge < -0.3 is 14.6 Å². The van der Waals surface area contributed by atoms with Crippen LogP contribution in [0.2, 0.25) is 0 Å². The standard InChI is InChI=1S/C11H22O4/c1-5-6-9(2)7-15-8-11(3,13)10(12)14-4/h9,13H,5-8H2,1-4H3. The van der Waals surface area contributed by atoms with Crippen LogP contribution in [0, 0.1) is 5.92 Å². The second-order valence-electron chi connectivity index (χ2n) is 4.17. The third-order valence-corrected chi connectivity index (χ3v) is 2.19. The van der Waals surface area contributed by atoms with E-state index in [0.717, 1.165) is 12.8 Å². The van der Waals surface area contributed by atoms with Crippen LogP contribution in [0.25, 0.3) is 0 Å². The van der Waals surface area contributed by atoms with Crippen molar-refractivity contribution in [2.75, 3.05) is 20.3 Å². The summed E-state index contributed by atoms with van der Waals surface area (Å²) >= 11 is 0. The van der Waals surface area contributed by atoms with E-state index in [1.54, 1.807) is 0 Å². The summed E-state index contributed by atoms with van der Waals surface area (Å²) < 4.78 is 9.74. The summed E-state index contributed by atoms with van der Waals surface area (Å²) in [6, 6.07) is 0. The van der Waals surface area contributed by atoms with E-state index in [2.05, 4.69) is 18.6 Å². The second kappa shape index (κ2) is 6.80. The number of carbonyl (C=O) groups excluding carboxylic acids is 1. The molecule has 0 bridgehead atoms. The summed E-state index contributed by atoms with van der Waals surface area (Å²) in [5.74, 6) is -0.214. The molecule has 0 aromatic carbocycles. The van der Waals surface area contributed by atoms with Crippen LogP contribution in [-0.2, 0) is 14.3 Å². The van der Waals surface area contributed by atoms with Gasteiger partial charge in [-0.1, -0.05) is 20.3 Å². The van der Waals surface area contributed by atoms with Gasteiger partial charge in [-0.05, 0) is 19.3 Å². The molecule has 0 saturated heterocycles. The normalized spacial score (nSPS) is 16.9. The molecule has 0 aliphatic rings. The number of aliphatic hydroxyl groups is 1. The second-order valence-corrected chi connectivity index (χ2v) is 4.17. The number of methoxy groups -OCH3 is 1. The van der Waals surface area contributed by atoms with Crippen molar-refractivity contribution in [2.24, 2.45) is 5.92 Å².